The summed E-state index contributed by atoms with van der Waals surface area (Å²) in [5.74, 6) is -0.0543. The summed E-state index contributed by atoms with van der Waals surface area (Å²) in [6.07, 6.45) is 2.93. The third-order valence-corrected chi connectivity index (χ3v) is 5.33. The Bertz CT molecular complexity index is 768. The van der Waals surface area contributed by atoms with Crippen LogP contribution in [0, 0.1) is 28.9 Å². The smallest absolute Gasteiger partial charge is 0.137 e. The summed E-state index contributed by atoms with van der Waals surface area (Å²) >= 11 is 0. The van der Waals surface area contributed by atoms with Gasteiger partial charge in [0.2, 0.25) is 0 Å². The molecule has 0 bridgehead atoms. The lowest BCUT2D eigenvalue weighted by Crippen LogP contribution is -2.01. The van der Waals surface area contributed by atoms with E-state index >= 15 is 0 Å². The standard InChI is InChI=1S/C22H24F2/c1-14(2)12-17-18(22(17,3)4)13-16-10-11-19(23)20(21(16)24)15-8-6-5-7-9-15/h5-12,17-18H,13H2,1-4H3/t17-,18+/m1/s1. The van der Waals surface area contributed by atoms with Gasteiger partial charge in [0.05, 0.1) is 5.56 Å². The molecular weight excluding hydrogens is 302 g/mol. The van der Waals surface area contributed by atoms with Crippen LogP contribution in [0.2, 0.25) is 0 Å². The minimum Gasteiger partial charge on any atom is -0.206 e. The highest BCUT2D eigenvalue weighted by Crippen LogP contribution is 2.60. The van der Waals surface area contributed by atoms with Crippen molar-refractivity contribution in [2.24, 2.45) is 17.3 Å². The van der Waals surface area contributed by atoms with Crippen molar-refractivity contribution < 1.29 is 8.78 Å². The average Bonchev–Trinajstić information content (AvgIpc) is 3.02. The van der Waals surface area contributed by atoms with E-state index in [2.05, 4.69) is 33.8 Å². The Balaban J connectivity index is 1.93. The van der Waals surface area contributed by atoms with Crippen LogP contribution in [0.3, 0.4) is 0 Å². The second-order valence-electron chi connectivity index (χ2n) is 7.66. The monoisotopic (exact) mass is 326 g/mol. The Labute approximate surface area is 143 Å². The molecule has 2 heteroatoms. The van der Waals surface area contributed by atoms with Gasteiger partial charge in [-0.3, -0.25) is 0 Å². The Morgan fingerprint density at radius 1 is 1.04 bits per heavy atom. The molecule has 1 saturated carbocycles. The second-order valence-corrected chi connectivity index (χ2v) is 7.66. The number of halogens is 2. The van der Waals surface area contributed by atoms with Gasteiger partial charge < -0.3 is 0 Å². The largest absolute Gasteiger partial charge is 0.206 e. The number of hydrogen-bond donors (Lipinski definition) is 0. The topological polar surface area (TPSA) is 0 Å². The first kappa shape index (κ1) is 16.9. The quantitative estimate of drug-likeness (QED) is 0.569. The number of rotatable bonds is 4. The summed E-state index contributed by atoms with van der Waals surface area (Å²) in [6.45, 7) is 8.64. The molecule has 126 valence electrons. The fraction of sp³-hybridized carbons (Fsp3) is 0.364. The highest BCUT2D eigenvalue weighted by atomic mass is 19.1. The highest BCUT2D eigenvalue weighted by Gasteiger charge is 2.55. The Morgan fingerprint density at radius 3 is 2.33 bits per heavy atom. The van der Waals surface area contributed by atoms with Crippen LogP contribution in [0.4, 0.5) is 8.78 Å². The first-order valence-corrected chi connectivity index (χ1v) is 8.49. The minimum atomic E-state index is -0.502. The van der Waals surface area contributed by atoms with Crippen molar-refractivity contribution in [3.63, 3.8) is 0 Å². The van der Waals surface area contributed by atoms with Crippen molar-refractivity contribution in [1.29, 1.82) is 0 Å². The Kier molecular flexibility index (Phi) is 4.33. The van der Waals surface area contributed by atoms with E-state index in [9.17, 15) is 8.78 Å². The average molecular weight is 326 g/mol. The maximum atomic E-state index is 15.0. The molecule has 0 radical (unpaired) electrons. The van der Waals surface area contributed by atoms with Crippen molar-refractivity contribution in [1.82, 2.24) is 0 Å². The lowest BCUT2D eigenvalue weighted by molar-refractivity contribution is 0.532. The molecule has 0 amide bonds. The van der Waals surface area contributed by atoms with Gasteiger partial charge in [0.15, 0.2) is 0 Å². The van der Waals surface area contributed by atoms with E-state index < -0.39 is 11.6 Å². The zero-order chi connectivity index (χ0) is 17.5. The fourth-order valence-corrected chi connectivity index (χ4v) is 3.73. The van der Waals surface area contributed by atoms with Crippen LogP contribution in [0.1, 0.15) is 33.3 Å². The maximum absolute atomic E-state index is 15.0. The van der Waals surface area contributed by atoms with Crippen molar-refractivity contribution in [3.05, 3.63) is 71.3 Å². The molecule has 24 heavy (non-hydrogen) atoms. The van der Waals surface area contributed by atoms with Gasteiger partial charge in [-0.25, -0.2) is 8.78 Å². The van der Waals surface area contributed by atoms with Crippen LogP contribution in [0.15, 0.2) is 54.1 Å². The molecule has 0 nitrogen and oxygen atoms in total. The van der Waals surface area contributed by atoms with Gasteiger partial charge >= 0.3 is 0 Å². The number of allylic oxidation sites excluding steroid dienone is 2. The Hall–Kier alpha value is -1.96. The maximum Gasteiger partial charge on any atom is 0.137 e. The summed E-state index contributed by atoms with van der Waals surface area (Å²) in [7, 11) is 0. The molecule has 0 unspecified atom stereocenters. The summed E-state index contributed by atoms with van der Waals surface area (Å²) in [6, 6.07) is 11.9. The van der Waals surface area contributed by atoms with E-state index in [1.807, 2.05) is 6.07 Å². The summed E-state index contributed by atoms with van der Waals surface area (Å²) < 4.78 is 29.2. The van der Waals surface area contributed by atoms with Gasteiger partial charge in [-0.2, -0.15) is 0 Å². The van der Waals surface area contributed by atoms with Crippen molar-refractivity contribution in [2.75, 3.05) is 0 Å². The molecule has 0 spiro atoms. The van der Waals surface area contributed by atoms with Gasteiger partial charge in [-0.15, -0.1) is 0 Å². The third-order valence-electron chi connectivity index (χ3n) is 5.33. The summed E-state index contributed by atoms with van der Waals surface area (Å²) in [5, 5.41) is 0. The predicted octanol–water partition coefficient (Wildman–Crippen LogP) is 6.41. The second kappa shape index (κ2) is 6.16. The van der Waals surface area contributed by atoms with Gasteiger partial charge in [0, 0.05) is 0 Å². The molecule has 0 saturated heterocycles. The summed E-state index contributed by atoms with van der Waals surface area (Å²) in [5.41, 5.74) is 2.75. The molecule has 2 aromatic rings. The highest BCUT2D eigenvalue weighted by molar-refractivity contribution is 5.65. The molecule has 0 N–H and O–H groups in total. The van der Waals surface area contributed by atoms with Crippen molar-refractivity contribution in [2.45, 2.75) is 34.1 Å². The van der Waals surface area contributed by atoms with Crippen LogP contribution in [0.25, 0.3) is 11.1 Å². The number of benzene rings is 2. The lowest BCUT2D eigenvalue weighted by atomic mass is 9.97. The minimum absolute atomic E-state index is 0.0883. The van der Waals surface area contributed by atoms with Gasteiger partial charge in [-0.05, 0) is 54.7 Å². The summed E-state index contributed by atoms with van der Waals surface area (Å²) in [4.78, 5) is 0. The third kappa shape index (κ3) is 3.02. The van der Waals surface area contributed by atoms with Crippen LogP contribution >= 0.6 is 0 Å². The fourth-order valence-electron chi connectivity index (χ4n) is 3.73. The molecule has 1 fully saturated rings. The molecule has 2 atom stereocenters. The van der Waals surface area contributed by atoms with E-state index in [4.69, 9.17) is 0 Å². The molecule has 0 aromatic heterocycles. The molecule has 3 rings (SSSR count). The number of hydrogen-bond acceptors (Lipinski definition) is 0. The molecule has 0 aliphatic heterocycles. The molecule has 2 aromatic carbocycles. The first-order chi connectivity index (χ1) is 11.3. The molecule has 1 aliphatic carbocycles. The van der Waals surface area contributed by atoms with Crippen LogP contribution in [-0.4, -0.2) is 0 Å². The predicted molar refractivity (Wildman–Crippen MR) is 95.7 cm³/mol. The van der Waals surface area contributed by atoms with E-state index in [-0.39, 0.29) is 11.0 Å². The van der Waals surface area contributed by atoms with Crippen LogP contribution in [0.5, 0.6) is 0 Å². The van der Waals surface area contributed by atoms with Crippen LogP contribution < -0.4 is 0 Å². The zero-order valence-electron chi connectivity index (χ0n) is 14.7. The van der Waals surface area contributed by atoms with Gasteiger partial charge in [0.25, 0.3) is 0 Å². The SMILES string of the molecule is CC(C)=C[C@@H]1[C@H](Cc2ccc(F)c(-c3ccccc3)c2F)C1(C)C. The zero-order valence-corrected chi connectivity index (χ0v) is 14.7. The van der Waals surface area contributed by atoms with E-state index in [1.165, 1.54) is 11.6 Å². The van der Waals surface area contributed by atoms with Gasteiger partial charge in [-0.1, -0.05) is 61.9 Å². The van der Waals surface area contributed by atoms with Crippen molar-refractivity contribution in [3.8, 4) is 11.1 Å². The van der Waals surface area contributed by atoms with E-state index in [0.717, 1.165) is 0 Å². The Morgan fingerprint density at radius 2 is 1.71 bits per heavy atom. The van der Waals surface area contributed by atoms with Crippen molar-refractivity contribution >= 4 is 0 Å². The molecular formula is C22H24F2. The first-order valence-electron chi connectivity index (χ1n) is 8.49. The molecule has 0 heterocycles. The molecule has 1 aliphatic rings. The van der Waals surface area contributed by atoms with Crippen LogP contribution in [-0.2, 0) is 6.42 Å². The van der Waals surface area contributed by atoms with Gasteiger partial charge in [0.1, 0.15) is 11.6 Å². The lowest BCUT2D eigenvalue weighted by Gasteiger charge is -2.11. The normalized spacial score (nSPS) is 21.4. The van der Waals surface area contributed by atoms with E-state index in [0.29, 0.717) is 29.4 Å². The van der Waals surface area contributed by atoms with E-state index in [1.54, 1.807) is 30.3 Å².